The molecule has 5 heteroatoms. The van der Waals surface area contributed by atoms with Crippen LogP contribution in [0.4, 0.5) is 0 Å². The van der Waals surface area contributed by atoms with Gasteiger partial charge in [-0.15, -0.1) is 12.4 Å². The lowest BCUT2D eigenvalue weighted by molar-refractivity contribution is -0.131. The Labute approximate surface area is 121 Å². The minimum absolute atomic E-state index is 0. The van der Waals surface area contributed by atoms with E-state index in [1.807, 2.05) is 24.0 Å². The van der Waals surface area contributed by atoms with Crippen molar-refractivity contribution in [1.29, 1.82) is 0 Å². The Balaban J connectivity index is 0.00000180. The number of rotatable bonds is 3. The molecule has 0 aromatic carbocycles. The molecule has 1 unspecified atom stereocenters. The van der Waals surface area contributed by atoms with Crippen LogP contribution in [0.1, 0.15) is 30.1 Å². The summed E-state index contributed by atoms with van der Waals surface area (Å²) < 4.78 is 0. The molecule has 1 N–H and O–H groups in total. The normalized spacial score (nSPS) is 18.8. The van der Waals surface area contributed by atoms with Gasteiger partial charge in [0.1, 0.15) is 0 Å². The monoisotopic (exact) mass is 283 g/mol. The Morgan fingerprint density at radius 1 is 1.53 bits per heavy atom. The zero-order valence-corrected chi connectivity index (χ0v) is 12.4. The number of aromatic nitrogens is 1. The Kier molecular flexibility index (Phi) is 6.25. The van der Waals surface area contributed by atoms with Crippen LogP contribution in [0.15, 0.2) is 18.2 Å². The van der Waals surface area contributed by atoms with Crippen molar-refractivity contribution in [1.82, 2.24) is 15.2 Å². The van der Waals surface area contributed by atoms with Crippen molar-refractivity contribution < 1.29 is 4.79 Å². The molecular formula is C14H22ClN3O. The molecule has 0 saturated carbocycles. The molecule has 19 heavy (non-hydrogen) atoms. The van der Waals surface area contributed by atoms with Crippen LogP contribution in [0.2, 0.25) is 0 Å². The fourth-order valence-corrected chi connectivity index (χ4v) is 2.50. The van der Waals surface area contributed by atoms with Crippen molar-refractivity contribution in [2.75, 3.05) is 26.7 Å². The average Bonchev–Trinajstić information content (AvgIpc) is 2.39. The highest BCUT2D eigenvalue weighted by Crippen LogP contribution is 2.25. The summed E-state index contributed by atoms with van der Waals surface area (Å²) in [7, 11) is 1.81. The van der Waals surface area contributed by atoms with Gasteiger partial charge in [0.05, 0.1) is 6.54 Å². The van der Waals surface area contributed by atoms with Crippen molar-refractivity contribution >= 4 is 18.3 Å². The predicted molar refractivity (Wildman–Crippen MR) is 78.7 cm³/mol. The Morgan fingerprint density at radius 3 is 3.00 bits per heavy atom. The first-order valence-electron chi connectivity index (χ1n) is 6.56. The average molecular weight is 284 g/mol. The molecule has 1 fully saturated rings. The SMILES string of the molecule is CNCC(=O)N1CCCC(c2cccc(C)n2)C1.Cl. The molecule has 106 valence electrons. The summed E-state index contributed by atoms with van der Waals surface area (Å²) in [5, 5.41) is 2.92. The first-order valence-corrected chi connectivity index (χ1v) is 6.56. The molecule has 1 atom stereocenters. The van der Waals surface area contributed by atoms with Gasteiger partial charge in [-0.1, -0.05) is 6.07 Å². The minimum Gasteiger partial charge on any atom is -0.341 e. The van der Waals surface area contributed by atoms with Crippen molar-refractivity contribution in [3.63, 3.8) is 0 Å². The van der Waals surface area contributed by atoms with E-state index < -0.39 is 0 Å². The molecule has 1 aromatic heterocycles. The number of likely N-dealkylation sites (tertiary alicyclic amines) is 1. The molecule has 0 spiro atoms. The van der Waals surface area contributed by atoms with E-state index >= 15 is 0 Å². The number of halogens is 1. The first-order chi connectivity index (χ1) is 8.70. The number of amides is 1. The van der Waals surface area contributed by atoms with E-state index in [0.29, 0.717) is 12.5 Å². The lowest BCUT2D eigenvalue weighted by Gasteiger charge is -2.32. The van der Waals surface area contributed by atoms with E-state index in [9.17, 15) is 4.79 Å². The van der Waals surface area contributed by atoms with Crippen molar-refractivity contribution in [2.24, 2.45) is 0 Å². The first kappa shape index (κ1) is 15.9. The number of hydrogen-bond donors (Lipinski definition) is 1. The second kappa shape index (κ2) is 7.46. The summed E-state index contributed by atoms with van der Waals surface area (Å²) in [5.41, 5.74) is 2.17. The highest BCUT2D eigenvalue weighted by atomic mass is 35.5. The quantitative estimate of drug-likeness (QED) is 0.919. The summed E-state index contributed by atoms with van der Waals surface area (Å²) in [6.07, 6.45) is 2.19. The third kappa shape index (κ3) is 4.18. The third-order valence-electron chi connectivity index (χ3n) is 3.43. The van der Waals surface area contributed by atoms with Gasteiger partial charge in [0.2, 0.25) is 5.91 Å². The van der Waals surface area contributed by atoms with Crippen LogP contribution in [-0.2, 0) is 4.79 Å². The molecule has 0 radical (unpaired) electrons. The predicted octanol–water partition coefficient (Wildman–Crippen LogP) is 1.74. The van der Waals surface area contributed by atoms with Crippen molar-refractivity contribution in [3.8, 4) is 0 Å². The van der Waals surface area contributed by atoms with Gasteiger partial charge in [-0.25, -0.2) is 0 Å². The Bertz CT molecular complexity index is 425. The number of aryl methyl sites for hydroxylation is 1. The maximum Gasteiger partial charge on any atom is 0.236 e. The topological polar surface area (TPSA) is 45.2 Å². The maximum atomic E-state index is 11.9. The molecule has 0 bridgehead atoms. The number of pyridine rings is 1. The summed E-state index contributed by atoms with van der Waals surface area (Å²) in [5.74, 6) is 0.578. The summed E-state index contributed by atoms with van der Waals surface area (Å²) in [6.45, 7) is 4.12. The largest absolute Gasteiger partial charge is 0.341 e. The molecule has 1 amide bonds. The zero-order chi connectivity index (χ0) is 13.0. The van der Waals surface area contributed by atoms with Gasteiger partial charge < -0.3 is 10.2 Å². The van der Waals surface area contributed by atoms with Crippen LogP contribution < -0.4 is 5.32 Å². The van der Waals surface area contributed by atoms with Crippen LogP contribution >= 0.6 is 12.4 Å². The highest BCUT2D eigenvalue weighted by molar-refractivity contribution is 5.85. The summed E-state index contributed by atoms with van der Waals surface area (Å²) in [4.78, 5) is 18.4. The fraction of sp³-hybridized carbons (Fsp3) is 0.571. The molecular weight excluding hydrogens is 262 g/mol. The van der Waals surface area contributed by atoms with Crippen LogP contribution in [0.3, 0.4) is 0 Å². The third-order valence-corrected chi connectivity index (χ3v) is 3.43. The fourth-order valence-electron chi connectivity index (χ4n) is 2.50. The maximum absolute atomic E-state index is 11.9. The highest BCUT2D eigenvalue weighted by Gasteiger charge is 2.24. The number of nitrogens with zero attached hydrogens (tertiary/aromatic N) is 2. The number of nitrogens with one attached hydrogen (secondary N) is 1. The minimum atomic E-state index is 0. The Hall–Kier alpha value is -1.13. The van der Waals surface area contributed by atoms with Gasteiger partial charge in [0, 0.05) is 30.4 Å². The number of hydrogen-bond acceptors (Lipinski definition) is 3. The number of piperidine rings is 1. The zero-order valence-electron chi connectivity index (χ0n) is 11.6. The molecule has 2 rings (SSSR count). The standard InChI is InChI=1S/C14H21N3O.ClH/c1-11-5-3-7-13(16-11)12-6-4-8-17(10-12)14(18)9-15-2;/h3,5,7,12,15H,4,6,8-10H2,1-2H3;1H. The van der Waals surface area contributed by atoms with Gasteiger partial charge in [-0.05, 0) is 38.9 Å². The number of carbonyl (C=O) groups excluding carboxylic acids is 1. The second-order valence-corrected chi connectivity index (χ2v) is 4.91. The van der Waals surface area contributed by atoms with Crippen LogP contribution in [-0.4, -0.2) is 42.5 Å². The molecule has 0 aliphatic carbocycles. The molecule has 4 nitrogen and oxygen atoms in total. The molecule has 1 aliphatic heterocycles. The molecule has 1 aliphatic rings. The van der Waals surface area contributed by atoms with E-state index in [4.69, 9.17) is 0 Å². The second-order valence-electron chi connectivity index (χ2n) is 4.91. The smallest absolute Gasteiger partial charge is 0.236 e. The lowest BCUT2D eigenvalue weighted by Crippen LogP contribution is -2.43. The summed E-state index contributed by atoms with van der Waals surface area (Å²) >= 11 is 0. The van der Waals surface area contributed by atoms with Gasteiger partial charge in [-0.2, -0.15) is 0 Å². The van der Waals surface area contributed by atoms with E-state index in [1.54, 1.807) is 7.05 Å². The van der Waals surface area contributed by atoms with Crippen LogP contribution in [0.25, 0.3) is 0 Å². The molecule has 1 saturated heterocycles. The van der Waals surface area contributed by atoms with Crippen molar-refractivity contribution in [3.05, 3.63) is 29.6 Å². The summed E-state index contributed by atoms with van der Waals surface area (Å²) in [6, 6.07) is 6.13. The van der Waals surface area contributed by atoms with Crippen LogP contribution in [0, 0.1) is 6.92 Å². The van der Waals surface area contributed by atoms with E-state index in [0.717, 1.165) is 37.3 Å². The van der Waals surface area contributed by atoms with Crippen molar-refractivity contribution in [2.45, 2.75) is 25.7 Å². The van der Waals surface area contributed by atoms with Crippen LogP contribution in [0.5, 0.6) is 0 Å². The molecule has 2 heterocycles. The van der Waals surface area contributed by atoms with Gasteiger partial charge >= 0.3 is 0 Å². The van der Waals surface area contributed by atoms with E-state index in [1.165, 1.54) is 0 Å². The molecule has 1 aromatic rings. The van der Waals surface area contributed by atoms with Gasteiger partial charge in [-0.3, -0.25) is 9.78 Å². The number of carbonyl (C=O) groups is 1. The number of likely N-dealkylation sites (N-methyl/N-ethyl adjacent to an activating group) is 1. The lowest BCUT2D eigenvalue weighted by atomic mass is 9.94. The van der Waals surface area contributed by atoms with E-state index in [2.05, 4.69) is 16.4 Å². The Morgan fingerprint density at radius 2 is 2.32 bits per heavy atom. The van der Waals surface area contributed by atoms with E-state index in [-0.39, 0.29) is 18.3 Å². The van der Waals surface area contributed by atoms with Gasteiger partial charge in [0.15, 0.2) is 0 Å². The van der Waals surface area contributed by atoms with Gasteiger partial charge in [0.25, 0.3) is 0 Å².